The minimum Gasteiger partial charge on any atom is -0.454 e. The Morgan fingerprint density at radius 3 is 2.33 bits per heavy atom. The minimum absolute atomic E-state index is 0.0969. The zero-order chi connectivity index (χ0) is 15.2. The lowest BCUT2D eigenvalue weighted by molar-refractivity contribution is 0.0474. The van der Waals surface area contributed by atoms with Gasteiger partial charge in [-0.1, -0.05) is 35.9 Å². The van der Waals surface area contributed by atoms with E-state index in [1.54, 1.807) is 36.4 Å². The summed E-state index contributed by atoms with van der Waals surface area (Å²) in [6, 6.07) is 12.9. The third kappa shape index (κ3) is 3.90. The molecule has 0 saturated heterocycles. The number of aliphatic hydroxyl groups excluding tert-OH is 1. The molecule has 0 amide bonds. The average molecular weight is 305 g/mol. The van der Waals surface area contributed by atoms with Gasteiger partial charge in [-0.3, -0.25) is 4.79 Å². The summed E-state index contributed by atoms with van der Waals surface area (Å²) in [6.07, 6.45) is 0. The minimum atomic E-state index is -0.597. The van der Waals surface area contributed by atoms with E-state index < -0.39 is 5.97 Å². The van der Waals surface area contributed by atoms with Gasteiger partial charge in [-0.2, -0.15) is 0 Å². The lowest BCUT2D eigenvalue weighted by Gasteiger charge is -2.06. The molecule has 0 bridgehead atoms. The van der Waals surface area contributed by atoms with Crippen molar-refractivity contribution >= 4 is 23.4 Å². The van der Waals surface area contributed by atoms with Crippen LogP contribution >= 0.6 is 11.6 Å². The second-order valence-electron chi connectivity index (χ2n) is 4.33. The molecular formula is C16H13ClO4. The van der Waals surface area contributed by atoms with Gasteiger partial charge in [-0.15, -0.1) is 0 Å². The van der Waals surface area contributed by atoms with Gasteiger partial charge in [0, 0.05) is 5.56 Å². The molecule has 0 aliphatic carbocycles. The zero-order valence-electron chi connectivity index (χ0n) is 11.1. The number of hydrogen-bond donors (Lipinski definition) is 1. The maximum Gasteiger partial charge on any atom is 0.338 e. The Morgan fingerprint density at radius 1 is 1.05 bits per heavy atom. The van der Waals surface area contributed by atoms with Crippen LogP contribution in [0, 0.1) is 0 Å². The summed E-state index contributed by atoms with van der Waals surface area (Å²) in [7, 11) is 0. The molecule has 4 nitrogen and oxygen atoms in total. The van der Waals surface area contributed by atoms with Crippen molar-refractivity contribution in [3.05, 3.63) is 70.2 Å². The summed E-state index contributed by atoms with van der Waals surface area (Å²) in [6.45, 7) is -0.468. The quantitative estimate of drug-likeness (QED) is 0.681. The molecule has 0 aliphatic heterocycles. The number of benzene rings is 2. The van der Waals surface area contributed by atoms with Crippen LogP contribution < -0.4 is 0 Å². The fourth-order valence-electron chi connectivity index (χ4n) is 1.73. The van der Waals surface area contributed by atoms with E-state index in [4.69, 9.17) is 21.4 Å². The molecule has 0 heterocycles. The first-order valence-corrected chi connectivity index (χ1v) is 6.64. The first-order chi connectivity index (χ1) is 10.1. The molecule has 108 valence electrons. The van der Waals surface area contributed by atoms with Crippen molar-refractivity contribution in [1.82, 2.24) is 0 Å². The fraction of sp³-hybridized carbons (Fsp3) is 0.125. The molecule has 5 heteroatoms. The van der Waals surface area contributed by atoms with E-state index in [-0.39, 0.29) is 19.0 Å². The van der Waals surface area contributed by atoms with E-state index in [2.05, 4.69) is 0 Å². The predicted octanol–water partition coefficient (Wildman–Crippen LogP) is 2.87. The van der Waals surface area contributed by atoms with Crippen molar-refractivity contribution in [2.24, 2.45) is 0 Å². The van der Waals surface area contributed by atoms with Gasteiger partial charge in [0.25, 0.3) is 0 Å². The van der Waals surface area contributed by atoms with Crippen LogP contribution in [0.5, 0.6) is 0 Å². The molecule has 2 aromatic carbocycles. The van der Waals surface area contributed by atoms with E-state index in [9.17, 15) is 9.59 Å². The summed E-state index contributed by atoms with van der Waals surface area (Å²) in [4.78, 5) is 23.7. The van der Waals surface area contributed by atoms with Gasteiger partial charge in [0.15, 0.2) is 6.61 Å². The van der Waals surface area contributed by atoms with E-state index in [1.807, 2.05) is 0 Å². The van der Waals surface area contributed by atoms with Crippen LogP contribution in [0.2, 0.25) is 5.02 Å². The van der Waals surface area contributed by atoms with Crippen LogP contribution in [0.4, 0.5) is 0 Å². The summed E-state index contributed by atoms with van der Waals surface area (Å²) < 4.78 is 4.96. The topological polar surface area (TPSA) is 63.6 Å². The molecular weight excluding hydrogens is 292 g/mol. The Hall–Kier alpha value is -2.17. The van der Waals surface area contributed by atoms with E-state index in [1.165, 1.54) is 12.1 Å². The highest BCUT2D eigenvalue weighted by atomic mass is 35.5. The number of aliphatic hydroxyl groups is 1. The van der Waals surface area contributed by atoms with Gasteiger partial charge in [-0.05, 0) is 29.8 Å². The number of carbonyl (C=O) groups is 2. The number of ketones is 1. The standard InChI is InChI=1S/C16H13ClO4/c17-14-4-2-1-3-13(14)15(19)10-21-16(20)12-7-5-11(9-18)6-8-12/h1-8,18H,9-10H2. The van der Waals surface area contributed by atoms with Crippen LogP contribution in [-0.2, 0) is 11.3 Å². The molecule has 0 aromatic heterocycles. The molecule has 0 saturated carbocycles. The number of ether oxygens (including phenoxy) is 1. The van der Waals surface area contributed by atoms with Gasteiger partial charge < -0.3 is 9.84 Å². The van der Waals surface area contributed by atoms with Crippen molar-refractivity contribution in [1.29, 1.82) is 0 Å². The number of halogens is 1. The smallest absolute Gasteiger partial charge is 0.338 e. The van der Waals surface area contributed by atoms with Crippen molar-refractivity contribution < 1.29 is 19.4 Å². The third-order valence-corrected chi connectivity index (χ3v) is 3.21. The van der Waals surface area contributed by atoms with Crippen LogP contribution in [0.15, 0.2) is 48.5 Å². The fourth-order valence-corrected chi connectivity index (χ4v) is 1.97. The zero-order valence-corrected chi connectivity index (χ0v) is 11.8. The largest absolute Gasteiger partial charge is 0.454 e. The molecule has 0 fully saturated rings. The molecule has 0 unspecified atom stereocenters. The van der Waals surface area contributed by atoms with Crippen LogP contribution in [0.1, 0.15) is 26.3 Å². The predicted molar refractivity (Wildman–Crippen MR) is 78.4 cm³/mol. The normalized spacial score (nSPS) is 10.2. The lowest BCUT2D eigenvalue weighted by atomic mass is 10.1. The molecule has 21 heavy (non-hydrogen) atoms. The van der Waals surface area contributed by atoms with Gasteiger partial charge in [-0.25, -0.2) is 4.79 Å². The van der Waals surface area contributed by atoms with Gasteiger partial charge in [0.1, 0.15) is 0 Å². The second-order valence-corrected chi connectivity index (χ2v) is 4.74. The first kappa shape index (κ1) is 15.2. The van der Waals surface area contributed by atoms with Gasteiger partial charge >= 0.3 is 5.97 Å². The van der Waals surface area contributed by atoms with E-state index in [0.717, 1.165) is 0 Å². The van der Waals surface area contributed by atoms with Crippen molar-refractivity contribution in [2.45, 2.75) is 6.61 Å². The number of Topliss-reactive ketones (excluding diaryl/α,β-unsaturated/α-hetero) is 1. The first-order valence-electron chi connectivity index (χ1n) is 6.26. The monoisotopic (exact) mass is 304 g/mol. The summed E-state index contributed by atoms with van der Waals surface area (Å²) in [5.74, 6) is -0.958. The highest BCUT2D eigenvalue weighted by molar-refractivity contribution is 6.34. The van der Waals surface area contributed by atoms with Gasteiger partial charge in [0.05, 0.1) is 17.2 Å². The van der Waals surface area contributed by atoms with Crippen molar-refractivity contribution in [3.63, 3.8) is 0 Å². The van der Waals surface area contributed by atoms with Gasteiger partial charge in [0.2, 0.25) is 5.78 Å². The molecule has 0 spiro atoms. The third-order valence-electron chi connectivity index (χ3n) is 2.88. The Bertz CT molecular complexity index is 650. The number of esters is 1. The SMILES string of the molecule is O=C(OCC(=O)c1ccccc1Cl)c1ccc(CO)cc1. The lowest BCUT2D eigenvalue weighted by Crippen LogP contribution is -2.14. The van der Waals surface area contributed by atoms with Crippen LogP contribution in [0.25, 0.3) is 0 Å². The Kier molecular flexibility index (Phi) is 5.09. The molecule has 0 atom stereocenters. The van der Waals surface area contributed by atoms with Crippen LogP contribution in [0.3, 0.4) is 0 Å². The molecule has 2 aromatic rings. The van der Waals surface area contributed by atoms with Crippen LogP contribution in [-0.4, -0.2) is 23.5 Å². The number of rotatable bonds is 5. The maximum atomic E-state index is 11.9. The Labute approximate surface area is 126 Å². The Balaban J connectivity index is 1.97. The Morgan fingerprint density at radius 2 is 1.71 bits per heavy atom. The second kappa shape index (κ2) is 7.02. The number of hydrogen-bond acceptors (Lipinski definition) is 4. The van der Waals surface area contributed by atoms with E-state index in [0.29, 0.717) is 21.7 Å². The summed E-state index contributed by atoms with van der Waals surface area (Å²) >= 11 is 5.90. The van der Waals surface area contributed by atoms with Crippen molar-refractivity contribution in [3.8, 4) is 0 Å². The van der Waals surface area contributed by atoms with Crippen molar-refractivity contribution in [2.75, 3.05) is 6.61 Å². The summed E-state index contributed by atoms with van der Waals surface area (Å²) in [5, 5.41) is 9.25. The molecule has 2 rings (SSSR count). The maximum absolute atomic E-state index is 11.9. The molecule has 0 radical (unpaired) electrons. The highest BCUT2D eigenvalue weighted by Gasteiger charge is 2.13. The number of carbonyl (C=O) groups excluding carboxylic acids is 2. The van der Waals surface area contributed by atoms with E-state index >= 15 is 0 Å². The summed E-state index contributed by atoms with van der Waals surface area (Å²) in [5.41, 5.74) is 1.33. The highest BCUT2D eigenvalue weighted by Crippen LogP contribution is 2.15. The molecule has 0 aliphatic rings. The molecule has 1 N–H and O–H groups in total. The average Bonchev–Trinajstić information content (AvgIpc) is 2.52.